The molecule has 0 heterocycles. The average Bonchev–Trinajstić information content (AvgIpc) is 2.32. The molecule has 0 saturated carbocycles. The second-order valence-electron chi connectivity index (χ2n) is 3.28. The zero-order valence-electron chi connectivity index (χ0n) is 8.34. The van der Waals surface area contributed by atoms with E-state index >= 15 is 0 Å². The lowest BCUT2D eigenvalue weighted by atomic mass is 9.98. The molecule has 7 N–H and O–H groups in total. The van der Waals surface area contributed by atoms with Crippen molar-refractivity contribution in [3.05, 3.63) is 0 Å². The molecule has 8 nitrogen and oxygen atoms in total. The highest BCUT2D eigenvalue weighted by atomic mass is 16.4. The first-order valence-electron chi connectivity index (χ1n) is 4.52. The third-order valence-corrected chi connectivity index (χ3v) is 2.04. The predicted octanol–water partition coefficient (Wildman–Crippen LogP) is -4.66. The number of carbonyl (C=O) groups is 1. The fraction of sp³-hybridized carbons (Fsp3) is 0.875. The monoisotopic (exact) mass is 240 g/mol. The fourth-order valence-electron chi connectivity index (χ4n) is 0.951. The summed E-state index contributed by atoms with van der Waals surface area (Å²) >= 11 is 0. The van der Waals surface area contributed by atoms with E-state index in [1.54, 1.807) is 0 Å². The highest BCUT2D eigenvalue weighted by Crippen LogP contribution is 2.06. The van der Waals surface area contributed by atoms with Gasteiger partial charge in [-0.25, -0.2) is 0 Å². The summed E-state index contributed by atoms with van der Waals surface area (Å²) in [6, 6.07) is 0. The lowest BCUT2D eigenvalue weighted by Crippen LogP contribution is -2.50. The summed E-state index contributed by atoms with van der Waals surface area (Å²) in [5, 5.41) is 62.1. The molecule has 0 fully saturated rings. The largest absolute Gasteiger partial charge is 0.394 e. The number of carbonyl (C=O) groups excluding carboxylic acids is 1. The molecule has 0 saturated heterocycles. The maximum Gasteiger partial charge on any atom is 0.195 e. The first kappa shape index (κ1) is 15.4. The quantitative estimate of drug-likeness (QED) is 0.234. The van der Waals surface area contributed by atoms with Crippen LogP contribution in [0.4, 0.5) is 0 Å². The predicted molar refractivity (Wildman–Crippen MR) is 49.2 cm³/mol. The van der Waals surface area contributed by atoms with Crippen LogP contribution in [0.3, 0.4) is 0 Å². The maximum absolute atomic E-state index is 11.2. The van der Waals surface area contributed by atoms with E-state index in [2.05, 4.69) is 0 Å². The van der Waals surface area contributed by atoms with E-state index in [1.807, 2.05) is 0 Å². The summed E-state index contributed by atoms with van der Waals surface area (Å²) in [6.45, 7) is -1.79. The van der Waals surface area contributed by atoms with Crippen LogP contribution in [0.1, 0.15) is 0 Å². The number of aliphatic hydroxyl groups excluding tert-OH is 7. The standard InChI is InChI=1S/C8H16O8/c9-1-3(11)5(13)7(15)8(16)6(14)4(12)2-10/h3-7,9-15H,1-2H2/t3-,4-,5+,6-,7+/m1/s1. The molecule has 0 spiro atoms. The van der Waals surface area contributed by atoms with E-state index in [-0.39, 0.29) is 0 Å². The molecule has 0 radical (unpaired) electrons. The van der Waals surface area contributed by atoms with Gasteiger partial charge in [-0.3, -0.25) is 4.79 Å². The van der Waals surface area contributed by atoms with Gasteiger partial charge in [0.1, 0.15) is 30.5 Å². The molecule has 8 heteroatoms. The first-order valence-corrected chi connectivity index (χ1v) is 4.52. The average molecular weight is 240 g/mol. The van der Waals surface area contributed by atoms with E-state index < -0.39 is 49.5 Å². The van der Waals surface area contributed by atoms with Crippen molar-refractivity contribution in [3.63, 3.8) is 0 Å². The van der Waals surface area contributed by atoms with Gasteiger partial charge in [0.2, 0.25) is 0 Å². The number of hydrogen-bond acceptors (Lipinski definition) is 8. The lowest BCUT2D eigenvalue weighted by Gasteiger charge is -2.23. The number of aliphatic hydroxyl groups is 7. The highest BCUT2D eigenvalue weighted by Gasteiger charge is 2.36. The summed E-state index contributed by atoms with van der Waals surface area (Å²) in [4.78, 5) is 11.2. The van der Waals surface area contributed by atoms with Gasteiger partial charge in [0, 0.05) is 0 Å². The van der Waals surface area contributed by atoms with Crippen LogP contribution in [-0.2, 0) is 4.79 Å². The molecule has 0 aliphatic heterocycles. The van der Waals surface area contributed by atoms with Crippen molar-refractivity contribution in [2.24, 2.45) is 0 Å². The molecule has 16 heavy (non-hydrogen) atoms. The summed E-state index contributed by atoms with van der Waals surface area (Å²) in [6.07, 6.45) is -9.78. The number of rotatable bonds is 7. The Morgan fingerprint density at radius 1 is 0.812 bits per heavy atom. The number of hydrogen-bond donors (Lipinski definition) is 7. The van der Waals surface area contributed by atoms with Gasteiger partial charge >= 0.3 is 0 Å². The highest BCUT2D eigenvalue weighted by molar-refractivity contribution is 5.88. The van der Waals surface area contributed by atoms with E-state index in [1.165, 1.54) is 0 Å². The second kappa shape index (κ2) is 6.86. The Labute approximate surface area is 91.0 Å². The summed E-state index contributed by atoms with van der Waals surface area (Å²) in [5.41, 5.74) is 0. The molecule has 96 valence electrons. The van der Waals surface area contributed by atoms with Crippen molar-refractivity contribution in [2.75, 3.05) is 13.2 Å². The van der Waals surface area contributed by atoms with Crippen molar-refractivity contribution < 1.29 is 40.5 Å². The molecule has 0 rings (SSSR count). The molecule has 5 atom stereocenters. The fourth-order valence-corrected chi connectivity index (χ4v) is 0.951. The van der Waals surface area contributed by atoms with Crippen LogP contribution < -0.4 is 0 Å². The topological polar surface area (TPSA) is 159 Å². The van der Waals surface area contributed by atoms with Crippen molar-refractivity contribution in [2.45, 2.75) is 30.5 Å². The van der Waals surface area contributed by atoms with Gasteiger partial charge in [-0.15, -0.1) is 0 Å². The number of Topliss-reactive ketones (excluding diaryl/α,β-unsaturated/α-hetero) is 1. The third kappa shape index (κ3) is 3.76. The normalized spacial score (nSPS) is 20.9. The molecule has 0 aliphatic carbocycles. The molecular weight excluding hydrogens is 224 g/mol. The molecule has 0 unspecified atom stereocenters. The van der Waals surface area contributed by atoms with Crippen molar-refractivity contribution in [1.29, 1.82) is 0 Å². The van der Waals surface area contributed by atoms with Gasteiger partial charge in [-0.1, -0.05) is 0 Å². The van der Waals surface area contributed by atoms with Crippen molar-refractivity contribution in [3.8, 4) is 0 Å². The van der Waals surface area contributed by atoms with Gasteiger partial charge in [-0.2, -0.15) is 0 Å². The lowest BCUT2D eigenvalue weighted by molar-refractivity contribution is -0.155. The van der Waals surface area contributed by atoms with Gasteiger partial charge < -0.3 is 35.7 Å². The Morgan fingerprint density at radius 3 is 1.62 bits per heavy atom. The van der Waals surface area contributed by atoms with Crippen LogP contribution in [0.5, 0.6) is 0 Å². The van der Waals surface area contributed by atoms with Crippen LogP contribution in [0.2, 0.25) is 0 Å². The maximum atomic E-state index is 11.2. The number of ketones is 1. The molecule has 0 aromatic rings. The van der Waals surface area contributed by atoms with E-state index in [9.17, 15) is 9.90 Å². The summed E-state index contributed by atoms with van der Waals surface area (Å²) in [7, 11) is 0. The molecule has 0 aliphatic rings. The minimum Gasteiger partial charge on any atom is -0.394 e. The Kier molecular flexibility index (Phi) is 6.60. The smallest absolute Gasteiger partial charge is 0.195 e. The van der Waals surface area contributed by atoms with Crippen LogP contribution in [0.25, 0.3) is 0 Å². The summed E-state index contributed by atoms with van der Waals surface area (Å²) in [5.74, 6) is -1.36. The second-order valence-corrected chi connectivity index (χ2v) is 3.28. The Balaban J connectivity index is 4.48. The zero-order valence-corrected chi connectivity index (χ0v) is 8.34. The van der Waals surface area contributed by atoms with Crippen molar-refractivity contribution >= 4 is 5.78 Å². The Hall–Kier alpha value is -0.610. The van der Waals surface area contributed by atoms with Crippen molar-refractivity contribution in [1.82, 2.24) is 0 Å². The third-order valence-electron chi connectivity index (χ3n) is 2.04. The van der Waals surface area contributed by atoms with Crippen LogP contribution in [0.15, 0.2) is 0 Å². The van der Waals surface area contributed by atoms with E-state index in [0.717, 1.165) is 0 Å². The van der Waals surface area contributed by atoms with Crippen LogP contribution in [-0.4, -0.2) is 85.3 Å². The van der Waals surface area contributed by atoms with Gasteiger partial charge in [0.25, 0.3) is 0 Å². The van der Waals surface area contributed by atoms with E-state index in [4.69, 9.17) is 30.6 Å². The van der Waals surface area contributed by atoms with E-state index in [0.29, 0.717) is 0 Å². The Morgan fingerprint density at radius 2 is 1.25 bits per heavy atom. The minimum absolute atomic E-state index is 0.885. The molecular formula is C8H16O8. The molecule has 0 amide bonds. The molecule has 0 aromatic heterocycles. The van der Waals surface area contributed by atoms with Crippen LogP contribution >= 0.6 is 0 Å². The molecule has 0 bridgehead atoms. The minimum atomic E-state index is -2.17. The van der Waals surface area contributed by atoms with Gasteiger partial charge in [-0.05, 0) is 0 Å². The van der Waals surface area contributed by atoms with Gasteiger partial charge in [0.05, 0.1) is 13.2 Å². The van der Waals surface area contributed by atoms with Crippen LogP contribution in [0, 0.1) is 0 Å². The SMILES string of the molecule is O=C([C@@H](O)[C@@H](O)[C@H](O)CO)[C@H](O)[C@H](O)CO. The first-order chi connectivity index (χ1) is 7.36. The Bertz CT molecular complexity index is 220. The zero-order chi connectivity index (χ0) is 12.9. The van der Waals surface area contributed by atoms with Gasteiger partial charge in [0.15, 0.2) is 5.78 Å². The summed E-state index contributed by atoms with van der Waals surface area (Å²) < 4.78 is 0. The molecule has 0 aromatic carbocycles.